The van der Waals surface area contributed by atoms with Gasteiger partial charge in [-0.3, -0.25) is 0 Å². The van der Waals surface area contributed by atoms with Crippen molar-refractivity contribution in [1.82, 2.24) is 4.98 Å². The number of halogens is 3. The molecule has 1 aromatic heterocycles. The Morgan fingerprint density at radius 2 is 1.71 bits per heavy atom. The number of alkyl halides is 3. The highest BCUT2D eigenvalue weighted by Crippen LogP contribution is 2.51. The highest BCUT2D eigenvalue weighted by atomic mass is 19.4. The number of anilines is 3. The van der Waals surface area contributed by atoms with Gasteiger partial charge in [0.2, 0.25) is 5.88 Å². The highest BCUT2D eigenvalue weighted by Gasteiger charge is 2.59. The molecule has 1 aliphatic heterocycles. The molecule has 146 valence electrons. The Labute approximate surface area is 159 Å². The molecule has 0 bridgehead atoms. The van der Waals surface area contributed by atoms with Gasteiger partial charge in [-0.2, -0.15) is 13.2 Å². The van der Waals surface area contributed by atoms with E-state index in [0.717, 1.165) is 11.1 Å². The summed E-state index contributed by atoms with van der Waals surface area (Å²) < 4.78 is 47.6. The molecule has 1 aliphatic rings. The molecule has 2 heterocycles. The molecule has 4 rings (SSSR count). The molecule has 0 saturated carbocycles. The summed E-state index contributed by atoms with van der Waals surface area (Å²) in [7, 11) is 1.22. The van der Waals surface area contributed by atoms with E-state index in [0.29, 0.717) is 16.6 Å². The van der Waals surface area contributed by atoms with Crippen LogP contribution in [0.4, 0.5) is 30.2 Å². The maximum atomic E-state index is 14.2. The molecule has 5 nitrogen and oxygen atoms in total. The third-order valence-electron chi connectivity index (χ3n) is 5.03. The van der Waals surface area contributed by atoms with Crippen LogP contribution in [0.1, 0.15) is 16.7 Å². The molecular weight excluding hydrogens is 371 g/mol. The van der Waals surface area contributed by atoms with E-state index >= 15 is 0 Å². The van der Waals surface area contributed by atoms with E-state index < -0.39 is 17.5 Å². The second kappa shape index (κ2) is 6.00. The lowest BCUT2D eigenvalue weighted by molar-refractivity contribution is -0.254. The summed E-state index contributed by atoms with van der Waals surface area (Å²) in [5.74, 6) is -0.310. The quantitative estimate of drug-likeness (QED) is 0.561. The number of benzene rings is 2. The molecule has 3 aromatic rings. The molecular formula is C20H18F3N3O2. The van der Waals surface area contributed by atoms with E-state index in [1.807, 2.05) is 6.92 Å². The van der Waals surface area contributed by atoms with Gasteiger partial charge in [0.25, 0.3) is 5.72 Å². The summed E-state index contributed by atoms with van der Waals surface area (Å²) in [5, 5.41) is 16.7. The van der Waals surface area contributed by atoms with Crippen molar-refractivity contribution in [1.29, 1.82) is 0 Å². The maximum Gasteiger partial charge on any atom is 0.441 e. The van der Waals surface area contributed by atoms with Gasteiger partial charge in [-0.25, -0.2) is 4.98 Å². The lowest BCUT2D eigenvalue weighted by Gasteiger charge is -2.33. The third kappa shape index (κ3) is 2.56. The Bertz CT molecular complexity index is 1100. The summed E-state index contributed by atoms with van der Waals surface area (Å²) in [6, 6.07) is 10.1. The Kier molecular flexibility index (Phi) is 3.94. The minimum Gasteiger partial charge on any atom is -0.481 e. The predicted octanol–water partition coefficient (Wildman–Crippen LogP) is 4.74. The Balaban J connectivity index is 2.15. The molecule has 1 atom stereocenters. The van der Waals surface area contributed by atoms with Crippen LogP contribution in [0.15, 0.2) is 36.4 Å². The Morgan fingerprint density at radius 3 is 2.36 bits per heavy atom. The second-order valence-electron chi connectivity index (χ2n) is 6.83. The number of hydrogen-bond donors (Lipinski definition) is 3. The van der Waals surface area contributed by atoms with Crippen molar-refractivity contribution in [3.63, 3.8) is 0 Å². The zero-order chi connectivity index (χ0) is 20.3. The van der Waals surface area contributed by atoms with E-state index in [2.05, 4.69) is 15.6 Å². The third-order valence-corrected chi connectivity index (χ3v) is 5.03. The summed E-state index contributed by atoms with van der Waals surface area (Å²) in [4.78, 5) is 4.19. The number of pyridine rings is 1. The number of nitrogens with one attached hydrogen (secondary N) is 2. The lowest BCUT2D eigenvalue weighted by Crippen LogP contribution is -2.49. The van der Waals surface area contributed by atoms with E-state index in [1.165, 1.54) is 7.11 Å². The number of methoxy groups -OCH3 is 1. The second-order valence-corrected chi connectivity index (χ2v) is 6.83. The molecule has 2 aromatic carbocycles. The summed E-state index contributed by atoms with van der Waals surface area (Å²) >= 11 is 0. The first kappa shape index (κ1) is 18.4. The van der Waals surface area contributed by atoms with Gasteiger partial charge < -0.3 is 20.5 Å². The Morgan fingerprint density at radius 1 is 1.07 bits per heavy atom. The average molecular weight is 389 g/mol. The first-order chi connectivity index (χ1) is 13.2. The number of rotatable bonds is 1. The van der Waals surface area contributed by atoms with Crippen molar-refractivity contribution in [2.45, 2.75) is 25.7 Å². The van der Waals surface area contributed by atoms with E-state index in [-0.39, 0.29) is 17.3 Å². The van der Waals surface area contributed by atoms with Crippen LogP contribution in [0, 0.1) is 13.8 Å². The zero-order valence-electron chi connectivity index (χ0n) is 15.4. The van der Waals surface area contributed by atoms with Gasteiger partial charge in [-0.15, -0.1) is 0 Å². The fourth-order valence-electron chi connectivity index (χ4n) is 3.43. The normalized spacial score (nSPS) is 18.5. The monoisotopic (exact) mass is 389 g/mol. The van der Waals surface area contributed by atoms with Crippen LogP contribution < -0.4 is 15.4 Å². The van der Waals surface area contributed by atoms with Crippen LogP contribution in [-0.4, -0.2) is 23.4 Å². The number of hydrogen-bond acceptors (Lipinski definition) is 5. The molecule has 1 unspecified atom stereocenters. The first-order valence-corrected chi connectivity index (χ1v) is 8.58. The van der Waals surface area contributed by atoms with Gasteiger partial charge in [-0.1, -0.05) is 18.2 Å². The number of fused-ring (bicyclic) bond motifs is 4. The van der Waals surface area contributed by atoms with Crippen LogP contribution in [0.5, 0.6) is 5.88 Å². The topological polar surface area (TPSA) is 66.4 Å². The summed E-state index contributed by atoms with van der Waals surface area (Å²) in [6.45, 7) is 3.66. The van der Waals surface area contributed by atoms with E-state index in [9.17, 15) is 18.3 Å². The molecule has 8 heteroatoms. The van der Waals surface area contributed by atoms with Crippen LogP contribution in [0.2, 0.25) is 0 Å². The van der Waals surface area contributed by atoms with Crippen molar-refractivity contribution in [3.8, 4) is 5.88 Å². The van der Waals surface area contributed by atoms with Gasteiger partial charge in [0.1, 0.15) is 0 Å². The number of ether oxygens (including phenoxy) is 1. The van der Waals surface area contributed by atoms with Crippen LogP contribution in [0.3, 0.4) is 0 Å². The van der Waals surface area contributed by atoms with Crippen molar-refractivity contribution in [2.24, 2.45) is 0 Å². The van der Waals surface area contributed by atoms with Crippen molar-refractivity contribution >= 4 is 28.0 Å². The summed E-state index contributed by atoms with van der Waals surface area (Å²) in [5.41, 5.74) is -1.12. The fraction of sp³-hybridized carbons (Fsp3) is 0.250. The van der Waals surface area contributed by atoms with Crippen molar-refractivity contribution in [2.75, 3.05) is 17.7 Å². The maximum absolute atomic E-state index is 14.2. The van der Waals surface area contributed by atoms with Gasteiger partial charge in [0, 0.05) is 5.39 Å². The van der Waals surface area contributed by atoms with Gasteiger partial charge in [-0.05, 0) is 43.2 Å². The van der Waals surface area contributed by atoms with Crippen LogP contribution in [-0.2, 0) is 5.72 Å². The Hall–Kier alpha value is -3.00. The predicted molar refractivity (Wildman–Crippen MR) is 101 cm³/mol. The smallest absolute Gasteiger partial charge is 0.441 e. The fourth-order valence-corrected chi connectivity index (χ4v) is 3.43. The van der Waals surface area contributed by atoms with Crippen molar-refractivity contribution in [3.05, 3.63) is 53.1 Å². The molecule has 0 saturated heterocycles. The molecule has 0 aliphatic carbocycles. The molecule has 0 radical (unpaired) electrons. The highest BCUT2D eigenvalue weighted by molar-refractivity contribution is 5.99. The van der Waals surface area contributed by atoms with Crippen LogP contribution in [0.25, 0.3) is 10.9 Å². The minimum atomic E-state index is -5.04. The van der Waals surface area contributed by atoms with Gasteiger partial charge in [0.05, 0.1) is 35.3 Å². The largest absolute Gasteiger partial charge is 0.481 e. The molecule has 0 amide bonds. The lowest BCUT2D eigenvalue weighted by atomic mass is 9.98. The number of aromatic nitrogens is 1. The van der Waals surface area contributed by atoms with Crippen LogP contribution >= 0.6 is 0 Å². The van der Waals surface area contributed by atoms with E-state index in [4.69, 9.17) is 4.74 Å². The summed E-state index contributed by atoms with van der Waals surface area (Å²) in [6.07, 6.45) is -5.04. The van der Waals surface area contributed by atoms with Gasteiger partial charge in [0.15, 0.2) is 0 Å². The number of aryl methyl sites for hydroxylation is 2. The number of aliphatic hydroxyl groups is 1. The average Bonchev–Trinajstić information content (AvgIpc) is 2.76. The molecule has 28 heavy (non-hydrogen) atoms. The molecule has 0 spiro atoms. The molecule has 3 N–H and O–H groups in total. The number of para-hydroxylation sites is 1. The van der Waals surface area contributed by atoms with Crippen molar-refractivity contribution < 1.29 is 23.0 Å². The SMILES string of the molecule is COc1nc2ccccc2c2c1C(O)(C(F)(F)F)Nc1cc(C)c(C)cc1N2. The standard InChI is InChI=1S/C20H18F3N3O2/c1-10-8-14-15(9-11(10)2)26-19(27,20(21,22)23)16-17(24-14)12-6-4-5-7-13(12)25-18(16)28-3/h4-9,24,26-27H,1-3H3. The first-order valence-electron chi connectivity index (χ1n) is 8.58. The van der Waals surface area contributed by atoms with Gasteiger partial charge >= 0.3 is 6.18 Å². The minimum absolute atomic E-state index is 0.0942. The van der Waals surface area contributed by atoms with E-state index in [1.54, 1.807) is 43.3 Å². The number of nitrogens with zero attached hydrogens (tertiary/aromatic N) is 1. The zero-order valence-corrected chi connectivity index (χ0v) is 15.4. The molecule has 0 fully saturated rings.